The maximum absolute atomic E-state index is 12.3. The number of carboxylic acids is 1. The third kappa shape index (κ3) is 2.47. The number of hydrogen-bond donors (Lipinski definition) is 1. The van der Waals surface area contributed by atoms with Crippen molar-refractivity contribution in [3.05, 3.63) is 39.9 Å². The summed E-state index contributed by atoms with van der Waals surface area (Å²) in [7, 11) is 0. The molecular formula is C13H14N2O5. The minimum atomic E-state index is -0.924. The molecular weight excluding hydrogens is 264 g/mol. The molecule has 1 amide bonds. The molecule has 0 spiro atoms. The molecule has 1 aliphatic heterocycles. The molecule has 2 atom stereocenters. The van der Waals surface area contributed by atoms with Gasteiger partial charge in [-0.1, -0.05) is 6.07 Å². The lowest BCUT2D eigenvalue weighted by Crippen LogP contribution is -2.37. The summed E-state index contributed by atoms with van der Waals surface area (Å²) >= 11 is 0. The first-order valence-electron chi connectivity index (χ1n) is 6.20. The van der Waals surface area contributed by atoms with Crippen molar-refractivity contribution in [1.29, 1.82) is 0 Å². The van der Waals surface area contributed by atoms with E-state index in [1.165, 1.54) is 29.2 Å². The number of non-ortho nitro benzene ring substituents is 1. The number of carbonyl (C=O) groups is 2. The molecule has 0 bridgehead atoms. The van der Waals surface area contributed by atoms with Gasteiger partial charge in [-0.15, -0.1) is 0 Å². The number of amides is 1. The van der Waals surface area contributed by atoms with Crippen LogP contribution in [0.25, 0.3) is 0 Å². The van der Waals surface area contributed by atoms with E-state index in [1.54, 1.807) is 6.92 Å². The third-order valence-electron chi connectivity index (χ3n) is 3.64. The average molecular weight is 278 g/mol. The fourth-order valence-corrected chi connectivity index (χ4v) is 2.47. The van der Waals surface area contributed by atoms with Crippen molar-refractivity contribution in [3.8, 4) is 0 Å². The van der Waals surface area contributed by atoms with Crippen LogP contribution in [-0.4, -0.2) is 39.4 Å². The number of aliphatic carboxylic acids is 1. The van der Waals surface area contributed by atoms with Crippen molar-refractivity contribution in [2.45, 2.75) is 19.4 Å². The van der Waals surface area contributed by atoms with Crippen LogP contribution >= 0.6 is 0 Å². The smallest absolute Gasteiger partial charge is 0.308 e. The lowest BCUT2D eigenvalue weighted by Gasteiger charge is -2.23. The Bertz CT molecular complexity index is 572. The zero-order chi connectivity index (χ0) is 14.9. The van der Waals surface area contributed by atoms with E-state index in [0.29, 0.717) is 13.0 Å². The van der Waals surface area contributed by atoms with Crippen LogP contribution < -0.4 is 0 Å². The van der Waals surface area contributed by atoms with E-state index in [9.17, 15) is 19.7 Å². The number of nitro groups is 1. The predicted octanol–water partition coefficient (Wildman–Crippen LogP) is 1.53. The van der Waals surface area contributed by atoms with E-state index >= 15 is 0 Å². The molecule has 1 aliphatic rings. The van der Waals surface area contributed by atoms with Gasteiger partial charge in [0.1, 0.15) is 0 Å². The standard InChI is InChI=1S/C13H14N2O5/c1-8-11(13(17)18)5-6-14(8)12(16)9-3-2-4-10(7-9)15(19)20/h2-4,7-8,11H,5-6H2,1H3,(H,17,18). The second-order valence-corrected chi connectivity index (χ2v) is 4.78. The van der Waals surface area contributed by atoms with Gasteiger partial charge in [-0.05, 0) is 19.4 Å². The molecule has 0 radical (unpaired) electrons. The Morgan fingerprint density at radius 2 is 2.15 bits per heavy atom. The molecule has 2 unspecified atom stereocenters. The van der Waals surface area contributed by atoms with E-state index in [1.807, 2.05) is 0 Å². The lowest BCUT2D eigenvalue weighted by molar-refractivity contribution is -0.384. The van der Waals surface area contributed by atoms with Crippen LogP contribution in [0.15, 0.2) is 24.3 Å². The van der Waals surface area contributed by atoms with Gasteiger partial charge in [0.05, 0.1) is 10.8 Å². The Morgan fingerprint density at radius 3 is 2.70 bits per heavy atom. The Hall–Kier alpha value is -2.44. The summed E-state index contributed by atoms with van der Waals surface area (Å²) < 4.78 is 0. The van der Waals surface area contributed by atoms with Gasteiger partial charge in [0.2, 0.25) is 0 Å². The number of carboxylic acid groups (broad SMARTS) is 1. The first-order chi connectivity index (χ1) is 9.41. The highest BCUT2D eigenvalue weighted by molar-refractivity contribution is 5.95. The summed E-state index contributed by atoms with van der Waals surface area (Å²) in [5.74, 6) is -1.88. The zero-order valence-corrected chi connectivity index (χ0v) is 10.9. The highest BCUT2D eigenvalue weighted by atomic mass is 16.6. The van der Waals surface area contributed by atoms with Crippen molar-refractivity contribution in [2.75, 3.05) is 6.54 Å². The van der Waals surface area contributed by atoms with Crippen LogP contribution in [0.3, 0.4) is 0 Å². The molecule has 1 heterocycles. The Labute approximate surface area is 115 Å². The second kappa shape index (κ2) is 5.28. The van der Waals surface area contributed by atoms with Crippen molar-refractivity contribution in [3.63, 3.8) is 0 Å². The Morgan fingerprint density at radius 1 is 1.45 bits per heavy atom. The summed E-state index contributed by atoms with van der Waals surface area (Å²) in [4.78, 5) is 34.9. The first-order valence-corrected chi connectivity index (χ1v) is 6.20. The van der Waals surface area contributed by atoms with Gasteiger partial charge in [-0.25, -0.2) is 0 Å². The van der Waals surface area contributed by atoms with Gasteiger partial charge in [-0.3, -0.25) is 19.7 Å². The summed E-state index contributed by atoms with van der Waals surface area (Å²) in [6, 6.07) is 5.05. The van der Waals surface area contributed by atoms with E-state index < -0.39 is 22.9 Å². The first kappa shape index (κ1) is 14.0. The van der Waals surface area contributed by atoms with Gasteiger partial charge in [0, 0.05) is 30.3 Å². The zero-order valence-electron chi connectivity index (χ0n) is 10.9. The number of benzene rings is 1. The molecule has 0 aliphatic carbocycles. The fraction of sp³-hybridized carbons (Fsp3) is 0.385. The molecule has 1 fully saturated rings. The monoisotopic (exact) mass is 278 g/mol. The molecule has 0 aromatic heterocycles. The molecule has 7 nitrogen and oxygen atoms in total. The van der Waals surface area contributed by atoms with Crippen LogP contribution in [0, 0.1) is 16.0 Å². The van der Waals surface area contributed by atoms with Gasteiger partial charge in [0.25, 0.3) is 11.6 Å². The van der Waals surface area contributed by atoms with Crippen LogP contribution in [0.1, 0.15) is 23.7 Å². The maximum Gasteiger partial charge on any atom is 0.308 e. The number of hydrogen-bond acceptors (Lipinski definition) is 4. The molecule has 2 rings (SSSR count). The summed E-state index contributed by atoms with van der Waals surface area (Å²) in [6.45, 7) is 2.03. The molecule has 1 aromatic carbocycles. The highest BCUT2D eigenvalue weighted by Crippen LogP contribution is 2.26. The number of nitro benzene ring substituents is 1. The minimum absolute atomic E-state index is 0.155. The fourth-order valence-electron chi connectivity index (χ4n) is 2.47. The topological polar surface area (TPSA) is 101 Å². The molecule has 106 valence electrons. The number of carbonyl (C=O) groups excluding carboxylic acids is 1. The minimum Gasteiger partial charge on any atom is -0.481 e. The Balaban J connectivity index is 2.22. The van der Waals surface area contributed by atoms with Crippen molar-refractivity contribution in [2.24, 2.45) is 5.92 Å². The predicted molar refractivity (Wildman–Crippen MR) is 69.3 cm³/mol. The average Bonchev–Trinajstić information content (AvgIpc) is 2.80. The van der Waals surface area contributed by atoms with Gasteiger partial charge >= 0.3 is 5.97 Å². The van der Waals surface area contributed by atoms with Crippen molar-refractivity contribution in [1.82, 2.24) is 4.90 Å². The van der Waals surface area contributed by atoms with E-state index in [2.05, 4.69) is 0 Å². The molecule has 20 heavy (non-hydrogen) atoms. The summed E-state index contributed by atoms with van der Waals surface area (Å²) in [5.41, 5.74) is 0.0505. The van der Waals surface area contributed by atoms with Crippen LogP contribution in [0.5, 0.6) is 0 Å². The van der Waals surface area contributed by atoms with Gasteiger partial charge < -0.3 is 10.0 Å². The van der Waals surface area contributed by atoms with Crippen LogP contribution in [-0.2, 0) is 4.79 Å². The third-order valence-corrected chi connectivity index (χ3v) is 3.64. The molecule has 1 N–H and O–H groups in total. The summed E-state index contributed by atoms with van der Waals surface area (Å²) in [5, 5.41) is 19.7. The molecule has 1 saturated heterocycles. The largest absolute Gasteiger partial charge is 0.481 e. The van der Waals surface area contributed by atoms with E-state index in [-0.39, 0.29) is 17.2 Å². The second-order valence-electron chi connectivity index (χ2n) is 4.78. The molecule has 0 saturated carbocycles. The van der Waals surface area contributed by atoms with Crippen LogP contribution in [0.2, 0.25) is 0 Å². The van der Waals surface area contributed by atoms with Gasteiger partial charge in [0.15, 0.2) is 0 Å². The SMILES string of the molecule is CC1C(C(=O)O)CCN1C(=O)c1cccc([N+](=O)[O-])c1. The molecule has 1 aromatic rings. The molecule has 7 heteroatoms. The normalized spacial score (nSPS) is 21.8. The summed E-state index contributed by atoms with van der Waals surface area (Å²) in [6.07, 6.45) is 0.400. The highest BCUT2D eigenvalue weighted by Gasteiger charge is 2.38. The van der Waals surface area contributed by atoms with E-state index in [0.717, 1.165) is 0 Å². The maximum atomic E-state index is 12.3. The lowest BCUT2D eigenvalue weighted by atomic mass is 10.0. The number of nitrogens with zero attached hydrogens (tertiary/aromatic N) is 2. The van der Waals surface area contributed by atoms with Crippen molar-refractivity contribution < 1.29 is 19.6 Å². The number of likely N-dealkylation sites (tertiary alicyclic amines) is 1. The Kier molecular flexibility index (Phi) is 3.69. The van der Waals surface area contributed by atoms with Gasteiger partial charge in [-0.2, -0.15) is 0 Å². The van der Waals surface area contributed by atoms with Crippen molar-refractivity contribution >= 4 is 17.6 Å². The quantitative estimate of drug-likeness (QED) is 0.667. The number of rotatable bonds is 3. The van der Waals surface area contributed by atoms with Crippen LogP contribution in [0.4, 0.5) is 5.69 Å². The van der Waals surface area contributed by atoms with E-state index in [4.69, 9.17) is 5.11 Å².